The normalized spacial score (nSPS) is 20.7. The Morgan fingerprint density at radius 1 is 1.24 bits per heavy atom. The SMILES string of the molecule is CCn1c(SCC(=O)N2C[C@@H](C)O[C@@H](C)C2)nnc1-c1ccncc1. The lowest BCUT2D eigenvalue weighted by Gasteiger charge is -2.35. The maximum Gasteiger partial charge on any atom is 0.233 e. The maximum absolute atomic E-state index is 12.5. The lowest BCUT2D eigenvalue weighted by molar-refractivity contribution is -0.140. The molecule has 25 heavy (non-hydrogen) atoms. The van der Waals surface area contributed by atoms with E-state index in [1.807, 2.05) is 42.4 Å². The van der Waals surface area contributed by atoms with Crippen molar-refractivity contribution in [2.75, 3.05) is 18.8 Å². The molecule has 0 unspecified atom stereocenters. The number of aromatic nitrogens is 4. The summed E-state index contributed by atoms with van der Waals surface area (Å²) in [5, 5.41) is 9.32. The first-order chi connectivity index (χ1) is 12.1. The van der Waals surface area contributed by atoms with E-state index in [-0.39, 0.29) is 18.1 Å². The van der Waals surface area contributed by atoms with E-state index in [1.165, 1.54) is 11.8 Å². The van der Waals surface area contributed by atoms with E-state index in [4.69, 9.17) is 4.74 Å². The van der Waals surface area contributed by atoms with Gasteiger partial charge in [-0.2, -0.15) is 0 Å². The maximum atomic E-state index is 12.5. The Morgan fingerprint density at radius 3 is 2.56 bits per heavy atom. The minimum absolute atomic E-state index is 0.0790. The number of carbonyl (C=O) groups excluding carboxylic acids is 1. The topological polar surface area (TPSA) is 73.1 Å². The van der Waals surface area contributed by atoms with E-state index in [9.17, 15) is 4.79 Å². The molecule has 0 radical (unpaired) electrons. The third kappa shape index (κ3) is 4.19. The monoisotopic (exact) mass is 361 g/mol. The van der Waals surface area contributed by atoms with Crippen molar-refractivity contribution in [3.8, 4) is 11.4 Å². The second kappa shape index (κ2) is 7.97. The Morgan fingerprint density at radius 2 is 1.92 bits per heavy atom. The number of pyridine rings is 1. The summed E-state index contributed by atoms with van der Waals surface area (Å²) in [7, 11) is 0. The average molecular weight is 361 g/mol. The van der Waals surface area contributed by atoms with Gasteiger partial charge in [0.15, 0.2) is 11.0 Å². The van der Waals surface area contributed by atoms with Crippen molar-refractivity contribution in [2.24, 2.45) is 0 Å². The molecule has 0 aromatic carbocycles. The van der Waals surface area contributed by atoms with Gasteiger partial charge in [0, 0.05) is 37.6 Å². The first-order valence-corrected chi connectivity index (χ1v) is 9.46. The minimum atomic E-state index is 0.0790. The van der Waals surface area contributed by atoms with Gasteiger partial charge in [-0.15, -0.1) is 10.2 Å². The Bertz CT molecular complexity index is 711. The molecule has 0 saturated carbocycles. The second-order valence-corrected chi connectivity index (χ2v) is 7.07. The van der Waals surface area contributed by atoms with Gasteiger partial charge < -0.3 is 14.2 Å². The van der Waals surface area contributed by atoms with Gasteiger partial charge in [0.05, 0.1) is 18.0 Å². The number of morpholine rings is 1. The Labute approximate surface area is 151 Å². The number of nitrogens with zero attached hydrogens (tertiary/aromatic N) is 5. The zero-order chi connectivity index (χ0) is 17.8. The van der Waals surface area contributed by atoms with Crippen molar-refractivity contribution in [1.82, 2.24) is 24.6 Å². The van der Waals surface area contributed by atoms with Crippen LogP contribution in [0.25, 0.3) is 11.4 Å². The molecule has 2 atom stereocenters. The summed E-state index contributed by atoms with van der Waals surface area (Å²) >= 11 is 1.43. The van der Waals surface area contributed by atoms with Crippen molar-refractivity contribution >= 4 is 17.7 Å². The van der Waals surface area contributed by atoms with Gasteiger partial charge in [-0.3, -0.25) is 9.78 Å². The molecular formula is C17H23N5O2S. The van der Waals surface area contributed by atoms with Crippen LogP contribution in [0.4, 0.5) is 0 Å². The molecule has 0 spiro atoms. The summed E-state index contributed by atoms with van der Waals surface area (Å²) in [4.78, 5) is 18.4. The molecule has 8 heteroatoms. The molecule has 1 saturated heterocycles. The molecule has 2 aromatic rings. The number of carbonyl (C=O) groups is 1. The van der Waals surface area contributed by atoms with Gasteiger partial charge in [-0.1, -0.05) is 11.8 Å². The van der Waals surface area contributed by atoms with Gasteiger partial charge in [0.2, 0.25) is 5.91 Å². The number of ether oxygens (including phenoxy) is 1. The number of hydrogen-bond acceptors (Lipinski definition) is 6. The highest BCUT2D eigenvalue weighted by Crippen LogP contribution is 2.24. The van der Waals surface area contributed by atoms with Gasteiger partial charge in [0.25, 0.3) is 0 Å². The molecule has 0 aliphatic carbocycles. The van der Waals surface area contributed by atoms with Gasteiger partial charge in [-0.05, 0) is 32.9 Å². The molecule has 3 heterocycles. The van der Waals surface area contributed by atoms with Crippen LogP contribution in [-0.4, -0.2) is 61.6 Å². The third-order valence-electron chi connectivity index (χ3n) is 4.07. The number of thioether (sulfide) groups is 1. The second-order valence-electron chi connectivity index (χ2n) is 6.13. The first kappa shape index (κ1) is 17.9. The highest BCUT2D eigenvalue weighted by molar-refractivity contribution is 7.99. The average Bonchev–Trinajstić information content (AvgIpc) is 3.02. The fraction of sp³-hybridized carbons (Fsp3) is 0.529. The molecule has 7 nitrogen and oxygen atoms in total. The lowest BCUT2D eigenvalue weighted by atomic mass is 10.2. The first-order valence-electron chi connectivity index (χ1n) is 8.48. The van der Waals surface area contributed by atoms with Gasteiger partial charge >= 0.3 is 0 Å². The molecule has 134 valence electrons. The molecule has 1 aliphatic rings. The van der Waals surface area contributed by atoms with Crippen LogP contribution in [0.2, 0.25) is 0 Å². The summed E-state index contributed by atoms with van der Waals surface area (Å²) in [6, 6.07) is 3.82. The third-order valence-corrected chi connectivity index (χ3v) is 5.02. The molecule has 1 amide bonds. The summed E-state index contributed by atoms with van der Waals surface area (Å²) < 4.78 is 7.71. The molecule has 1 aliphatic heterocycles. The van der Waals surface area contributed by atoms with E-state index in [2.05, 4.69) is 15.2 Å². The highest BCUT2D eigenvalue weighted by Gasteiger charge is 2.26. The van der Waals surface area contributed by atoms with Crippen molar-refractivity contribution < 1.29 is 9.53 Å². The number of rotatable bonds is 5. The Kier molecular flexibility index (Phi) is 5.70. The van der Waals surface area contributed by atoms with Crippen LogP contribution in [0, 0.1) is 0 Å². The molecule has 1 fully saturated rings. The van der Waals surface area contributed by atoms with E-state index in [1.54, 1.807) is 12.4 Å². The van der Waals surface area contributed by atoms with Crippen molar-refractivity contribution in [2.45, 2.75) is 44.7 Å². The van der Waals surface area contributed by atoms with E-state index >= 15 is 0 Å². The fourth-order valence-corrected chi connectivity index (χ4v) is 3.90. The summed E-state index contributed by atoms with van der Waals surface area (Å²) in [5.74, 6) is 1.27. The van der Waals surface area contributed by atoms with Crippen LogP contribution in [0.15, 0.2) is 29.7 Å². The molecule has 2 aromatic heterocycles. The lowest BCUT2D eigenvalue weighted by Crippen LogP contribution is -2.48. The van der Waals surface area contributed by atoms with E-state index < -0.39 is 0 Å². The summed E-state index contributed by atoms with van der Waals surface area (Å²) in [5.41, 5.74) is 0.971. The van der Waals surface area contributed by atoms with Crippen molar-refractivity contribution in [3.63, 3.8) is 0 Å². The number of hydrogen-bond donors (Lipinski definition) is 0. The van der Waals surface area contributed by atoms with Crippen LogP contribution in [-0.2, 0) is 16.1 Å². The minimum Gasteiger partial charge on any atom is -0.372 e. The summed E-state index contributed by atoms with van der Waals surface area (Å²) in [6.45, 7) is 8.08. The van der Waals surface area contributed by atoms with Crippen LogP contribution in [0.1, 0.15) is 20.8 Å². The van der Waals surface area contributed by atoms with E-state index in [0.717, 1.165) is 23.1 Å². The van der Waals surface area contributed by atoms with Crippen LogP contribution < -0.4 is 0 Å². The van der Waals surface area contributed by atoms with E-state index in [0.29, 0.717) is 18.8 Å². The molecule has 0 bridgehead atoms. The van der Waals surface area contributed by atoms with Crippen LogP contribution in [0.5, 0.6) is 0 Å². The molecular weight excluding hydrogens is 338 g/mol. The molecule has 3 rings (SSSR count). The van der Waals surface area contributed by atoms with Gasteiger partial charge in [-0.25, -0.2) is 0 Å². The largest absolute Gasteiger partial charge is 0.372 e. The zero-order valence-electron chi connectivity index (χ0n) is 14.8. The van der Waals surface area contributed by atoms with Crippen molar-refractivity contribution in [3.05, 3.63) is 24.5 Å². The Balaban J connectivity index is 1.67. The fourth-order valence-electron chi connectivity index (χ4n) is 2.99. The smallest absolute Gasteiger partial charge is 0.233 e. The highest BCUT2D eigenvalue weighted by atomic mass is 32.2. The van der Waals surface area contributed by atoms with Crippen LogP contribution in [0.3, 0.4) is 0 Å². The number of amides is 1. The standard InChI is InChI=1S/C17H23N5O2S/c1-4-22-16(14-5-7-18-8-6-14)19-20-17(22)25-11-15(23)21-9-12(2)24-13(3)10-21/h5-8,12-13H,4,9-11H2,1-3H3/t12-,13+. The predicted octanol–water partition coefficient (Wildman–Crippen LogP) is 2.09. The molecule has 0 N–H and O–H groups in total. The summed E-state index contributed by atoms with van der Waals surface area (Å²) in [6.07, 6.45) is 3.63. The predicted molar refractivity (Wildman–Crippen MR) is 96.2 cm³/mol. The van der Waals surface area contributed by atoms with Gasteiger partial charge in [0.1, 0.15) is 0 Å². The zero-order valence-corrected chi connectivity index (χ0v) is 15.6. The quantitative estimate of drug-likeness (QED) is 0.759. The van der Waals surface area contributed by atoms with Crippen molar-refractivity contribution in [1.29, 1.82) is 0 Å². The van der Waals surface area contributed by atoms with Crippen LogP contribution >= 0.6 is 11.8 Å². The Hall–Kier alpha value is -1.93.